The Morgan fingerprint density at radius 2 is 2.21 bits per heavy atom. The van der Waals surface area contributed by atoms with Gasteiger partial charge in [-0.05, 0) is 49.3 Å². The van der Waals surface area contributed by atoms with E-state index in [4.69, 9.17) is 14.5 Å². The molecular weight excluding hydrogens is 356 g/mol. The van der Waals surface area contributed by atoms with E-state index in [1.165, 1.54) is 7.11 Å². The number of piperidine rings is 2. The second-order valence-electron chi connectivity index (χ2n) is 8.83. The minimum absolute atomic E-state index is 0.0407. The molecule has 6 heteroatoms. The van der Waals surface area contributed by atoms with Gasteiger partial charge in [0.25, 0.3) is 0 Å². The Labute approximate surface area is 165 Å². The second kappa shape index (κ2) is 6.04. The summed E-state index contributed by atoms with van der Waals surface area (Å²) in [4.78, 5) is 20.7. The van der Waals surface area contributed by atoms with Gasteiger partial charge in [-0.1, -0.05) is 13.3 Å². The number of esters is 1. The van der Waals surface area contributed by atoms with E-state index in [0.717, 1.165) is 37.2 Å². The second-order valence-corrected chi connectivity index (χ2v) is 8.83. The SMILES string of the molecule is CC[C@H]1C[C@H]2CN3CCC4(O)C(=Nc5ccc(OC)cc54)[C@](C(=O)OC)(C2)[C@H]13. The van der Waals surface area contributed by atoms with Gasteiger partial charge in [0.2, 0.25) is 0 Å². The molecule has 4 heterocycles. The number of aliphatic hydroxyl groups is 1. The van der Waals surface area contributed by atoms with Crippen molar-refractivity contribution in [1.29, 1.82) is 0 Å². The molecule has 2 unspecified atom stereocenters. The fourth-order valence-corrected chi connectivity index (χ4v) is 6.59. The van der Waals surface area contributed by atoms with Gasteiger partial charge in [-0.15, -0.1) is 0 Å². The first kappa shape index (κ1) is 18.1. The third-order valence-corrected chi connectivity index (χ3v) is 7.61. The van der Waals surface area contributed by atoms with E-state index in [-0.39, 0.29) is 12.0 Å². The first-order chi connectivity index (χ1) is 13.5. The number of carbonyl (C=O) groups excluding carboxylic acids is 1. The molecule has 28 heavy (non-hydrogen) atoms. The smallest absolute Gasteiger partial charge is 0.319 e. The Bertz CT molecular complexity index is 868. The van der Waals surface area contributed by atoms with E-state index in [1.807, 2.05) is 18.2 Å². The number of hydrogen-bond donors (Lipinski definition) is 1. The predicted octanol–water partition coefficient (Wildman–Crippen LogP) is 2.65. The third-order valence-electron chi connectivity index (χ3n) is 7.61. The van der Waals surface area contributed by atoms with Gasteiger partial charge in [0, 0.05) is 24.7 Å². The number of fused-ring (bicyclic) bond motifs is 4. The van der Waals surface area contributed by atoms with E-state index in [9.17, 15) is 9.90 Å². The van der Waals surface area contributed by atoms with Crippen LogP contribution < -0.4 is 4.74 Å². The first-order valence-electron chi connectivity index (χ1n) is 10.3. The Kier molecular flexibility index (Phi) is 3.91. The zero-order valence-electron chi connectivity index (χ0n) is 16.8. The molecule has 1 aromatic rings. The standard InChI is InChI=1S/C22H28N2O4/c1-4-14-9-13-11-21(20(25)28-3)18(14)24(12-13)8-7-22(26)16-10-15(27-2)5-6-17(16)23-19(21)22/h5-6,10,13-14,18,26H,4,7-9,11-12H2,1-3H3/t13-,14+,18+,21+,22?/m1/s1. The molecule has 4 fully saturated rings. The lowest BCUT2D eigenvalue weighted by Gasteiger charge is -2.58. The average molecular weight is 384 g/mol. The quantitative estimate of drug-likeness (QED) is 0.812. The molecule has 0 radical (unpaired) electrons. The van der Waals surface area contributed by atoms with Crippen LogP contribution in [0.25, 0.3) is 0 Å². The lowest BCUT2D eigenvalue weighted by atomic mass is 9.54. The summed E-state index contributed by atoms with van der Waals surface area (Å²) in [5, 5.41) is 12.0. The van der Waals surface area contributed by atoms with Crippen molar-refractivity contribution < 1.29 is 19.4 Å². The normalized spacial score (nSPS) is 40.2. The van der Waals surface area contributed by atoms with Gasteiger partial charge >= 0.3 is 5.97 Å². The van der Waals surface area contributed by atoms with Crippen molar-refractivity contribution >= 4 is 17.4 Å². The summed E-state index contributed by atoms with van der Waals surface area (Å²) >= 11 is 0. The molecule has 0 spiro atoms. The highest BCUT2D eigenvalue weighted by Crippen LogP contribution is 2.59. The zero-order chi connectivity index (χ0) is 19.7. The lowest BCUT2D eigenvalue weighted by molar-refractivity contribution is -0.164. The molecule has 6 atom stereocenters. The molecule has 1 aliphatic carbocycles. The third kappa shape index (κ3) is 2.10. The van der Waals surface area contributed by atoms with Crippen molar-refractivity contribution in [3.63, 3.8) is 0 Å². The molecule has 4 bridgehead atoms. The van der Waals surface area contributed by atoms with Crippen LogP contribution in [0, 0.1) is 17.3 Å². The summed E-state index contributed by atoms with van der Waals surface area (Å²) in [5.74, 6) is 1.28. The molecule has 6 rings (SSSR count). The maximum atomic E-state index is 13.4. The Morgan fingerprint density at radius 3 is 2.93 bits per heavy atom. The van der Waals surface area contributed by atoms with Gasteiger partial charge in [-0.3, -0.25) is 14.7 Å². The van der Waals surface area contributed by atoms with E-state index in [1.54, 1.807) is 7.11 Å². The summed E-state index contributed by atoms with van der Waals surface area (Å²) in [6.45, 7) is 3.95. The molecule has 1 aromatic carbocycles. The van der Waals surface area contributed by atoms with E-state index < -0.39 is 11.0 Å². The van der Waals surface area contributed by atoms with Crippen molar-refractivity contribution in [2.24, 2.45) is 22.2 Å². The number of ether oxygens (including phenoxy) is 2. The maximum Gasteiger partial charge on any atom is 0.319 e. The fraction of sp³-hybridized carbons (Fsp3) is 0.636. The van der Waals surface area contributed by atoms with E-state index in [0.29, 0.717) is 36.1 Å². The highest BCUT2D eigenvalue weighted by Gasteiger charge is 2.68. The van der Waals surface area contributed by atoms with Crippen LogP contribution in [0.5, 0.6) is 5.75 Å². The molecule has 150 valence electrons. The first-order valence-corrected chi connectivity index (χ1v) is 10.3. The van der Waals surface area contributed by atoms with E-state index in [2.05, 4.69) is 11.8 Å². The molecule has 0 aromatic heterocycles. The number of rotatable bonds is 3. The summed E-state index contributed by atoms with van der Waals surface area (Å²) in [5.41, 5.74) is -0.0401. The van der Waals surface area contributed by atoms with Crippen LogP contribution in [0.2, 0.25) is 0 Å². The lowest BCUT2D eigenvalue weighted by Crippen LogP contribution is -2.68. The van der Waals surface area contributed by atoms with Crippen molar-refractivity contribution in [3.8, 4) is 5.75 Å². The van der Waals surface area contributed by atoms with Gasteiger partial charge in [0.05, 0.1) is 25.6 Å². The predicted molar refractivity (Wildman–Crippen MR) is 105 cm³/mol. The van der Waals surface area contributed by atoms with Gasteiger partial charge < -0.3 is 14.6 Å². The van der Waals surface area contributed by atoms with Gasteiger partial charge in [-0.2, -0.15) is 0 Å². The molecule has 3 saturated heterocycles. The van der Waals surface area contributed by atoms with Crippen LogP contribution in [-0.4, -0.2) is 55.0 Å². The Hall–Kier alpha value is -1.92. The van der Waals surface area contributed by atoms with E-state index >= 15 is 0 Å². The number of hydrogen-bond acceptors (Lipinski definition) is 6. The van der Waals surface area contributed by atoms with Crippen LogP contribution in [0.4, 0.5) is 5.69 Å². The summed E-state index contributed by atoms with van der Waals surface area (Å²) in [6, 6.07) is 5.65. The molecular formula is C22H28N2O4. The largest absolute Gasteiger partial charge is 0.497 e. The van der Waals surface area contributed by atoms with Gasteiger partial charge in [-0.25, -0.2) is 0 Å². The summed E-state index contributed by atoms with van der Waals surface area (Å²) < 4.78 is 10.8. The summed E-state index contributed by atoms with van der Waals surface area (Å²) in [7, 11) is 3.08. The highest BCUT2D eigenvalue weighted by atomic mass is 16.5. The number of aliphatic imine (C=N–C) groups is 1. The van der Waals surface area contributed by atoms with Gasteiger partial charge in [0.1, 0.15) is 16.8 Å². The maximum absolute atomic E-state index is 13.4. The molecule has 5 aliphatic rings. The average Bonchev–Trinajstić information content (AvgIpc) is 3.00. The minimum Gasteiger partial charge on any atom is -0.497 e. The fourth-order valence-electron chi connectivity index (χ4n) is 6.59. The number of carbonyl (C=O) groups is 1. The monoisotopic (exact) mass is 384 g/mol. The van der Waals surface area contributed by atoms with Crippen molar-refractivity contribution in [1.82, 2.24) is 4.90 Å². The minimum atomic E-state index is -1.25. The Morgan fingerprint density at radius 1 is 1.39 bits per heavy atom. The molecule has 6 nitrogen and oxygen atoms in total. The topological polar surface area (TPSA) is 71.4 Å². The van der Waals surface area contributed by atoms with Crippen molar-refractivity contribution in [3.05, 3.63) is 23.8 Å². The van der Waals surface area contributed by atoms with Crippen LogP contribution in [0.3, 0.4) is 0 Å². The molecule has 1 saturated carbocycles. The van der Waals surface area contributed by atoms with Crippen LogP contribution >= 0.6 is 0 Å². The number of benzene rings is 1. The highest BCUT2D eigenvalue weighted by molar-refractivity contribution is 6.15. The van der Waals surface area contributed by atoms with Crippen molar-refractivity contribution in [2.75, 3.05) is 27.3 Å². The van der Waals surface area contributed by atoms with Crippen LogP contribution in [0.1, 0.15) is 38.2 Å². The van der Waals surface area contributed by atoms with Crippen LogP contribution in [-0.2, 0) is 15.1 Å². The molecule has 4 aliphatic heterocycles. The van der Waals surface area contributed by atoms with Crippen LogP contribution in [0.15, 0.2) is 23.2 Å². The number of methoxy groups -OCH3 is 2. The number of nitrogens with zero attached hydrogens (tertiary/aromatic N) is 2. The molecule has 1 N–H and O–H groups in total. The van der Waals surface area contributed by atoms with Gasteiger partial charge in [0.15, 0.2) is 0 Å². The summed E-state index contributed by atoms with van der Waals surface area (Å²) in [6.07, 6.45) is 3.40. The van der Waals surface area contributed by atoms with Crippen molar-refractivity contribution in [2.45, 2.75) is 44.2 Å². The Balaban J connectivity index is 1.74. The zero-order valence-corrected chi connectivity index (χ0v) is 16.8. The molecule has 0 amide bonds.